The van der Waals surface area contributed by atoms with Crippen molar-refractivity contribution >= 4 is 17.5 Å². The number of carbonyl (C=O) groups is 1. The molecule has 1 aliphatic heterocycles. The molecule has 0 saturated carbocycles. The van der Waals surface area contributed by atoms with Crippen molar-refractivity contribution in [2.45, 2.75) is 25.5 Å². The molecule has 5 nitrogen and oxygen atoms in total. The molecule has 0 spiro atoms. The normalized spacial score (nSPS) is 15.0. The van der Waals surface area contributed by atoms with Crippen LogP contribution in [0.2, 0.25) is 5.02 Å². The van der Waals surface area contributed by atoms with E-state index in [0.717, 1.165) is 12.8 Å². The van der Waals surface area contributed by atoms with Crippen LogP contribution in [-0.4, -0.2) is 30.2 Å². The third-order valence-corrected chi connectivity index (χ3v) is 4.18. The SMILES string of the molecule is O=C(NCc1ccccc1F)c1cnc(OC2CCOCC2)c(Cl)c1. The van der Waals surface area contributed by atoms with E-state index in [9.17, 15) is 9.18 Å². The Morgan fingerprint density at radius 2 is 2.12 bits per heavy atom. The molecule has 2 aromatic rings. The fraction of sp³-hybridized carbons (Fsp3) is 0.333. The molecule has 2 heterocycles. The van der Waals surface area contributed by atoms with E-state index in [-0.39, 0.29) is 29.4 Å². The zero-order chi connectivity index (χ0) is 17.6. The number of hydrogen-bond acceptors (Lipinski definition) is 4. The smallest absolute Gasteiger partial charge is 0.253 e. The average Bonchev–Trinajstić information content (AvgIpc) is 2.63. The number of nitrogens with one attached hydrogen (secondary N) is 1. The number of aromatic nitrogens is 1. The summed E-state index contributed by atoms with van der Waals surface area (Å²) in [5.74, 6) is -0.436. The van der Waals surface area contributed by atoms with Crippen LogP contribution in [-0.2, 0) is 11.3 Å². The Labute approximate surface area is 150 Å². The van der Waals surface area contributed by atoms with Crippen molar-refractivity contribution in [3.63, 3.8) is 0 Å². The molecule has 132 valence electrons. The fourth-order valence-corrected chi connectivity index (χ4v) is 2.72. The molecule has 0 radical (unpaired) electrons. The Balaban J connectivity index is 1.61. The first-order valence-electron chi connectivity index (χ1n) is 8.05. The molecule has 0 bridgehead atoms. The van der Waals surface area contributed by atoms with Gasteiger partial charge in [0, 0.05) is 31.1 Å². The van der Waals surface area contributed by atoms with Gasteiger partial charge in [-0.15, -0.1) is 0 Å². The minimum Gasteiger partial charge on any atom is -0.473 e. The van der Waals surface area contributed by atoms with Gasteiger partial charge in [-0.3, -0.25) is 4.79 Å². The van der Waals surface area contributed by atoms with Gasteiger partial charge in [0.2, 0.25) is 5.88 Å². The minimum absolute atomic E-state index is 0.0134. The van der Waals surface area contributed by atoms with Crippen molar-refractivity contribution in [3.8, 4) is 5.88 Å². The first-order chi connectivity index (χ1) is 12.1. The predicted molar refractivity (Wildman–Crippen MR) is 91.3 cm³/mol. The largest absolute Gasteiger partial charge is 0.473 e. The van der Waals surface area contributed by atoms with Crippen LogP contribution in [0.1, 0.15) is 28.8 Å². The summed E-state index contributed by atoms with van der Waals surface area (Å²) in [7, 11) is 0. The predicted octanol–water partition coefficient (Wildman–Crippen LogP) is 3.36. The molecule has 0 atom stereocenters. The van der Waals surface area contributed by atoms with Crippen LogP contribution in [0.5, 0.6) is 5.88 Å². The molecule has 0 unspecified atom stereocenters. The summed E-state index contributed by atoms with van der Waals surface area (Å²) in [6, 6.07) is 7.78. The summed E-state index contributed by atoms with van der Waals surface area (Å²) in [4.78, 5) is 16.3. The molecule has 25 heavy (non-hydrogen) atoms. The lowest BCUT2D eigenvalue weighted by Crippen LogP contribution is -2.26. The molecule has 1 aliphatic rings. The highest BCUT2D eigenvalue weighted by Gasteiger charge is 2.18. The maximum Gasteiger partial charge on any atom is 0.253 e. The van der Waals surface area contributed by atoms with E-state index in [0.29, 0.717) is 30.2 Å². The van der Waals surface area contributed by atoms with Crippen LogP contribution in [0.15, 0.2) is 36.5 Å². The molecule has 1 amide bonds. The maximum atomic E-state index is 13.6. The number of benzene rings is 1. The van der Waals surface area contributed by atoms with Crippen LogP contribution in [0.25, 0.3) is 0 Å². The molecule has 3 rings (SSSR count). The Morgan fingerprint density at radius 3 is 2.84 bits per heavy atom. The van der Waals surface area contributed by atoms with E-state index in [1.54, 1.807) is 18.2 Å². The second-order valence-electron chi connectivity index (χ2n) is 5.71. The molecule has 7 heteroatoms. The van der Waals surface area contributed by atoms with Gasteiger partial charge in [-0.1, -0.05) is 29.8 Å². The monoisotopic (exact) mass is 364 g/mol. The number of ether oxygens (including phenoxy) is 2. The van der Waals surface area contributed by atoms with Gasteiger partial charge in [0.25, 0.3) is 5.91 Å². The average molecular weight is 365 g/mol. The number of pyridine rings is 1. The standard InChI is InChI=1S/C18H18ClFN2O3/c19-15-9-13(11-22-18(15)25-14-5-7-24-8-6-14)17(23)21-10-12-3-1-2-4-16(12)20/h1-4,9,11,14H,5-8,10H2,(H,21,23). The van der Waals surface area contributed by atoms with Crippen molar-refractivity contribution in [1.82, 2.24) is 10.3 Å². The number of nitrogens with zero attached hydrogens (tertiary/aromatic N) is 1. The maximum absolute atomic E-state index is 13.6. The van der Waals surface area contributed by atoms with E-state index < -0.39 is 0 Å². The Kier molecular flexibility index (Phi) is 5.83. The first-order valence-corrected chi connectivity index (χ1v) is 8.43. The van der Waals surface area contributed by atoms with Gasteiger partial charge in [0.15, 0.2) is 0 Å². The van der Waals surface area contributed by atoms with Gasteiger partial charge >= 0.3 is 0 Å². The number of amides is 1. The lowest BCUT2D eigenvalue weighted by molar-refractivity contribution is 0.0238. The summed E-state index contributed by atoms with van der Waals surface area (Å²) in [6.07, 6.45) is 2.97. The van der Waals surface area contributed by atoms with Gasteiger partial charge < -0.3 is 14.8 Å². The third-order valence-electron chi connectivity index (χ3n) is 3.91. The lowest BCUT2D eigenvalue weighted by Gasteiger charge is -2.23. The van der Waals surface area contributed by atoms with Gasteiger partial charge in [-0.25, -0.2) is 9.37 Å². The molecule has 0 aliphatic carbocycles. The molecule has 1 N–H and O–H groups in total. The Bertz CT molecular complexity index is 751. The van der Waals surface area contributed by atoms with Crippen LogP contribution in [0, 0.1) is 5.82 Å². The lowest BCUT2D eigenvalue weighted by atomic mass is 10.1. The molecular formula is C18H18ClFN2O3. The summed E-state index contributed by atoms with van der Waals surface area (Å²) in [6.45, 7) is 1.39. The molecular weight excluding hydrogens is 347 g/mol. The number of rotatable bonds is 5. The minimum atomic E-state index is -0.379. The van der Waals surface area contributed by atoms with Crippen LogP contribution < -0.4 is 10.1 Å². The van der Waals surface area contributed by atoms with E-state index in [4.69, 9.17) is 21.1 Å². The van der Waals surface area contributed by atoms with E-state index >= 15 is 0 Å². The van der Waals surface area contributed by atoms with Gasteiger partial charge in [0.05, 0.1) is 18.8 Å². The van der Waals surface area contributed by atoms with Crippen molar-refractivity contribution in [2.75, 3.05) is 13.2 Å². The topological polar surface area (TPSA) is 60.5 Å². The van der Waals surface area contributed by atoms with Crippen LogP contribution >= 0.6 is 11.6 Å². The Hall–Kier alpha value is -2.18. The third kappa shape index (κ3) is 4.67. The Morgan fingerprint density at radius 1 is 1.36 bits per heavy atom. The summed E-state index contributed by atoms with van der Waals surface area (Å²) >= 11 is 6.18. The van der Waals surface area contributed by atoms with Crippen LogP contribution in [0.3, 0.4) is 0 Å². The number of halogens is 2. The quantitative estimate of drug-likeness (QED) is 0.883. The van der Waals surface area contributed by atoms with Gasteiger partial charge in [-0.05, 0) is 12.1 Å². The van der Waals surface area contributed by atoms with Crippen LogP contribution in [0.4, 0.5) is 4.39 Å². The summed E-state index contributed by atoms with van der Waals surface area (Å²) in [5, 5.41) is 2.92. The van der Waals surface area contributed by atoms with Gasteiger partial charge in [-0.2, -0.15) is 0 Å². The van der Waals surface area contributed by atoms with Crippen molar-refractivity contribution in [3.05, 3.63) is 58.5 Å². The highest BCUT2D eigenvalue weighted by Crippen LogP contribution is 2.25. The van der Waals surface area contributed by atoms with Crippen molar-refractivity contribution in [2.24, 2.45) is 0 Å². The van der Waals surface area contributed by atoms with E-state index in [1.165, 1.54) is 18.3 Å². The summed E-state index contributed by atoms with van der Waals surface area (Å²) in [5.41, 5.74) is 0.704. The molecule has 1 aromatic carbocycles. The van der Waals surface area contributed by atoms with E-state index in [1.807, 2.05) is 0 Å². The summed E-state index contributed by atoms with van der Waals surface area (Å²) < 4.78 is 24.6. The van der Waals surface area contributed by atoms with Crippen molar-refractivity contribution in [1.29, 1.82) is 0 Å². The first kappa shape index (κ1) is 17.6. The second kappa shape index (κ2) is 8.27. The second-order valence-corrected chi connectivity index (χ2v) is 6.12. The van der Waals surface area contributed by atoms with Crippen molar-refractivity contribution < 1.29 is 18.7 Å². The highest BCUT2D eigenvalue weighted by molar-refractivity contribution is 6.32. The molecule has 1 saturated heterocycles. The van der Waals surface area contributed by atoms with E-state index in [2.05, 4.69) is 10.3 Å². The molecule has 1 aromatic heterocycles. The fourth-order valence-electron chi connectivity index (χ4n) is 2.51. The molecule has 1 fully saturated rings. The number of carbonyl (C=O) groups excluding carboxylic acids is 1. The number of hydrogen-bond donors (Lipinski definition) is 1. The highest BCUT2D eigenvalue weighted by atomic mass is 35.5. The zero-order valence-corrected chi connectivity index (χ0v) is 14.3. The van der Waals surface area contributed by atoms with Gasteiger partial charge in [0.1, 0.15) is 16.9 Å². The zero-order valence-electron chi connectivity index (χ0n) is 13.5.